The third-order valence-corrected chi connectivity index (χ3v) is 5.97. The summed E-state index contributed by atoms with van der Waals surface area (Å²) in [7, 11) is 0. The number of thiophene rings is 1. The van der Waals surface area contributed by atoms with E-state index in [9.17, 15) is 9.59 Å². The van der Waals surface area contributed by atoms with E-state index in [0.717, 1.165) is 34.3 Å². The van der Waals surface area contributed by atoms with Gasteiger partial charge in [-0.05, 0) is 45.2 Å². The maximum absolute atomic E-state index is 12.5. The van der Waals surface area contributed by atoms with Gasteiger partial charge in [0, 0.05) is 11.4 Å². The summed E-state index contributed by atoms with van der Waals surface area (Å²) in [5, 5.41) is 8.41. The lowest BCUT2D eigenvalue weighted by atomic mass is 10.1. The number of rotatable bonds is 6. The Morgan fingerprint density at radius 2 is 2.00 bits per heavy atom. The predicted octanol–water partition coefficient (Wildman–Crippen LogP) is 3.59. The first-order valence-electron chi connectivity index (χ1n) is 9.44. The number of hydrogen-bond donors (Lipinski definition) is 1. The first-order valence-corrected chi connectivity index (χ1v) is 10.3. The van der Waals surface area contributed by atoms with E-state index in [-0.39, 0.29) is 11.9 Å². The van der Waals surface area contributed by atoms with Gasteiger partial charge in [0.05, 0.1) is 12.2 Å². The fourth-order valence-corrected chi connectivity index (χ4v) is 4.05. The summed E-state index contributed by atoms with van der Waals surface area (Å²) in [5.74, 6) is -0.709. The number of carbonyl (C=O) groups excluding carboxylic acids is 2. The third-order valence-electron chi connectivity index (χ3n) is 4.84. The van der Waals surface area contributed by atoms with Crippen LogP contribution in [0.15, 0.2) is 30.3 Å². The van der Waals surface area contributed by atoms with Crippen LogP contribution in [0.25, 0.3) is 10.2 Å². The summed E-state index contributed by atoms with van der Waals surface area (Å²) in [6.07, 6.45) is 1.20. The Morgan fingerprint density at radius 1 is 1.29 bits per heavy atom. The van der Waals surface area contributed by atoms with Gasteiger partial charge in [-0.15, -0.1) is 11.3 Å². The standard InChI is InChI=1S/C21H23N3O3S/c1-12-4-6-15(7-5-12)11-24-20-17(13(2)23-24)10-18(28-20)21(26)27-14(3)19(25)22-16-8-9-16/h4-7,10,14,16H,8-9,11H2,1-3H3,(H,22,25)/t14-/m0/s1. The number of benzene rings is 1. The van der Waals surface area contributed by atoms with Gasteiger partial charge in [0.15, 0.2) is 6.10 Å². The van der Waals surface area contributed by atoms with E-state index in [1.807, 2.05) is 17.7 Å². The fraction of sp³-hybridized carbons (Fsp3) is 0.381. The summed E-state index contributed by atoms with van der Waals surface area (Å²) in [6.45, 7) is 6.23. The molecule has 0 spiro atoms. The lowest BCUT2D eigenvalue weighted by Gasteiger charge is -2.12. The van der Waals surface area contributed by atoms with Crippen LogP contribution in [0.2, 0.25) is 0 Å². The minimum atomic E-state index is -0.802. The molecule has 1 aliphatic rings. The van der Waals surface area contributed by atoms with E-state index in [4.69, 9.17) is 4.74 Å². The van der Waals surface area contributed by atoms with Crippen LogP contribution in [0, 0.1) is 13.8 Å². The van der Waals surface area contributed by atoms with Gasteiger partial charge < -0.3 is 10.1 Å². The Hall–Kier alpha value is -2.67. The molecular weight excluding hydrogens is 374 g/mol. The van der Waals surface area contributed by atoms with Crippen molar-refractivity contribution in [1.82, 2.24) is 15.1 Å². The third kappa shape index (κ3) is 3.94. The number of carbonyl (C=O) groups is 2. The molecule has 0 saturated heterocycles. The SMILES string of the molecule is Cc1ccc(Cn2nc(C)c3cc(C(=O)O[C@@H](C)C(=O)NC4CC4)sc32)cc1. The van der Waals surface area contributed by atoms with Crippen LogP contribution in [0.4, 0.5) is 0 Å². The molecule has 2 aromatic heterocycles. The molecule has 1 aromatic carbocycles. The molecule has 0 unspecified atom stereocenters. The van der Waals surface area contributed by atoms with Crippen molar-refractivity contribution in [3.63, 3.8) is 0 Å². The zero-order valence-corrected chi connectivity index (χ0v) is 17.0. The molecule has 0 radical (unpaired) electrons. The molecular formula is C21H23N3O3S. The molecule has 2 heterocycles. The van der Waals surface area contributed by atoms with Crippen molar-refractivity contribution in [3.8, 4) is 0 Å². The van der Waals surface area contributed by atoms with E-state index in [2.05, 4.69) is 41.6 Å². The number of ether oxygens (including phenoxy) is 1. The van der Waals surface area contributed by atoms with Gasteiger partial charge in [0.25, 0.3) is 5.91 Å². The fourth-order valence-electron chi connectivity index (χ4n) is 3.01. The molecule has 1 N–H and O–H groups in total. The van der Waals surface area contributed by atoms with E-state index < -0.39 is 12.1 Å². The number of aryl methyl sites for hydroxylation is 2. The van der Waals surface area contributed by atoms with Gasteiger partial charge in [0.2, 0.25) is 0 Å². The van der Waals surface area contributed by atoms with Gasteiger partial charge in [0.1, 0.15) is 9.71 Å². The van der Waals surface area contributed by atoms with E-state index >= 15 is 0 Å². The second-order valence-corrected chi connectivity index (χ2v) is 8.42. The highest BCUT2D eigenvalue weighted by Gasteiger charge is 2.28. The van der Waals surface area contributed by atoms with Crippen molar-refractivity contribution < 1.29 is 14.3 Å². The molecule has 146 valence electrons. The highest BCUT2D eigenvalue weighted by molar-refractivity contribution is 7.20. The molecule has 1 aliphatic carbocycles. The van der Waals surface area contributed by atoms with Crippen molar-refractivity contribution in [1.29, 1.82) is 0 Å². The first-order chi connectivity index (χ1) is 13.4. The zero-order chi connectivity index (χ0) is 19.8. The maximum Gasteiger partial charge on any atom is 0.349 e. The van der Waals surface area contributed by atoms with Crippen LogP contribution in [0.1, 0.15) is 46.3 Å². The molecule has 3 aromatic rings. The van der Waals surface area contributed by atoms with E-state index in [1.54, 1.807) is 6.92 Å². The number of esters is 1. The Labute approximate surface area is 167 Å². The molecule has 4 rings (SSSR count). The van der Waals surface area contributed by atoms with Gasteiger partial charge in [-0.2, -0.15) is 5.10 Å². The highest BCUT2D eigenvalue weighted by atomic mass is 32.1. The van der Waals surface area contributed by atoms with Crippen LogP contribution in [0.3, 0.4) is 0 Å². The number of hydrogen-bond acceptors (Lipinski definition) is 5. The van der Waals surface area contributed by atoms with Crippen LogP contribution in [-0.2, 0) is 16.1 Å². The van der Waals surface area contributed by atoms with Crippen molar-refractivity contribution in [3.05, 3.63) is 52.0 Å². The van der Waals surface area contributed by atoms with Gasteiger partial charge in [-0.25, -0.2) is 4.79 Å². The number of amides is 1. The second-order valence-electron chi connectivity index (χ2n) is 7.39. The minimum absolute atomic E-state index is 0.237. The predicted molar refractivity (Wildman–Crippen MR) is 109 cm³/mol. The number of fused-ring (bicyclic) bond motifs is 1. The van der Waals surface area contributed by atoms with Crippen LogP contribution in [-0.4, -0.2) is 33.8 Å². The summed E-state index contributed by atoms with van der Waals surface area (Å²) in [4.78, 5) is 26.0. The van der Waals surface area contributed by atoms with Crippen molar-refractivity contribution >= 4 is 33.4 Å². The smallest absolute Gasteiger partial charge is 0.349 e. The summed E-state index contributed by atoms with van der Waals surface area (Å²) >= 11 is 1.35. The van der Waals surface area contributed by atoms with E-state index in [0.29, 0.717) is 11.4 Å². The molecule has 1 fully saturated rings. The van der Waals surface area contributed by atoms with Gasteiger partial charge in [-0.1, -0.05) is 29.8 Å². The monoisotopic (exact) mass is 397 g/mol. The van der Waals surface area contributed by atoms with Crippen LogP contribution >= 0.6 is 11.3 Å². The molecule has 1 atom stereocenters. The van der Waals surface area contributed by atoms with Crippen molar-refractivity contribution in [2.75, 3.05) is 0 Å². The molecule has 1 amide bonds. The number of nitrogens with zero attached hydrogens (tertiary/aromatic N) is 2. The van der Waals surface area contributed by atoms with Crippen LogP contribution < -0.4 is 5.32 Å². The zero-order valence-electron chi connectivity index (χ0n) is 16.2. The molecule has 1 saturated carbocycles. The molecule has 0 aliphatic heterocycles. The maximum atomic E-state index is 12.5. The average Bonchev–Trinajstić information content (AvgIpc) is 3.27. The first kappa shape index (κ1) is 18.7. The Kier molecular flexibility index (Phi) is 4.93. The Bertz CT molecular complexity index is 1030. The molecule has 6 nitrogen and oxygen atoms in total. The molecule has 28 heavy (non-hydrogen) atoms. The second kappa shape index (κ2) is 7.39. The van der Waals surface area contributed by atoms with Crippen LogP contribution in [0.5, 0.6) is 0 Å². The largest absolute Gasteiger partial charge is 0.448 e. The quantitative estimate of drug-likeness (QED) is 0.645. The Morgan fingerprint density at radius 3 is 2.68 bits per heavy atom. The lowest BCUT2D eigenvalue weighted by Crippen LogP contribution is -2.36. The molecule has 7 heteroatoms. The highest BCUT2D eigenvalue weighted by Crippen LogP contribution is 2.29. The Balaban J connectivity index is 1.51. The summed E-state index contributed by atoms with van der Waals surface area (Å²) in [5.41, 5.74) is 3.24. The lowest BCUT2D eigenvalue weighted by molar-refractivity contribution is -0.129. The number of nitrogens with one attached hydrogen (secondary N) is 1. The normalized spacial score (nSPS) is 14.8. The average molecular weight is 398 g/mol. The van der Waals surface area contributed by atoms with Gasteiger partial charge in [-0.3, -0.25) is 9.48 Å². The van der Waals surface area contributed by atoms with Crippen molar-refractivity contribution in [2.24, 2.45) is 0 Å². The summed E-state index contributed by atoms with van der Waals surface area (Å²) in [6, 6.07) is 10.4. The van der Waals surface area contributed by atoms with E-state index in [1.165, 1.54) is 16.9 Å². The molecule has 0 bridgehead atoms. The number of aromatic nitrogens is 2. The minimum Gasteiger partial charge on any atom is -0.448 e. The van der Waals surface area contributed by atoms with Gasteiger partial charge >= 0.3 is 5.97 Å². The van der Waals surface area contributed by atoms with Crippen molar-refractivity contribution in [2.45, 2.75) is 52.3 Å². The summed E-state index contributed by atoms with van der Waals surface area (Å²) < 4.78 is 7.28. The topological polar surface area (TPSA) is 73.2 Å².